The van der Waals surface area contributed by atoms with Gasteiger partial charge in [0, 0.05) is 12.5 Å². The van der Waals surface area contributed by atoms with Gasteiger partial charge in [0.1, 0.15) is 5.75 Å². The molecule has 3 fully saturated rings. The Morgan fingerprint density at radius 1 is 0.967 bits per heavy atom. The number of rotatable bonds is 10. The topological polar surface area (TPSA) is 63.7 Å². The molecule has 2 amide bonds. The first-order valence-corrected chi connectivity index (χ1v) is 11.8. The van der Waals surface area contributed by atoms with Crippen molar-refractivity contribution in [2.24, 2.45) is 23.7 Å². The van der Waals surface area contributed by atoms with Crippen LogP contribution in [0.4, 0.5) is 5.69 Å². The lowest BCUT2D eigenvalue weighted by Crippen LogP contribution is -2.32. The number of benzene rings is 1. The van der Waals surface area contributed by atoms with Crippen LogP contribution in [-0.2, 0) is 14.4 Å². The van der Waals surface area contributed by atoms with Crippen LogP contribution in [0.2, 0.25) is 0 Å². The molecule has 0 unspecified atom stereocenters. The van der Waals surface area contributed by atoms with Gasteiger partial charge in [0.15, 0.2) is 0 Å². The molecule has 1 heterocycles. The van der Waals surface area contributed by atoms with Gasteiger partial charge < -0.3 is 4.74 Å². The summed E-state index contributed by atoms with van der Waals surface area (Å²) in [5, 5.41) is 0. The van der Waals surface area contributed by atoms with E-state index in [0.29, 0.717) is 29.7 Å². The summed E-state index contributed by atoms with van der Waals surface area (Å²) in [6, 6.07) is 6.87. The second kappa shape index (κ2) is 9.32. The van der Waals surface area contributed by atoms with E-state index in [-0.39, 0.29) is 29.6 Å². The Labute approximate surface area is 179 Å². The van der Waals surface area contributed by atoms with Crippen molar-refractivity contribution >= 4 is 23.5 Å². The van der Waals surface area contributed by atoms with Gasteiger partial charge in [-0.3, -0.25) is 14.4 Å². The number of hydrogen-bond acceptors (Lipinski definition) is 4. The quantitative estimate of drug-likeness (QED) is 0.228. The molecular weight excluding hydrogens is 378 g/mol. The van der Waals surface area contributed by atoms with Crippen molar-refractivity contribution < 1.29 is 19.1 Å². The summed E-state index contributed by atoms with van der Waals surface area (Å²) >= 11 is 0. The summed E-state index contributed by atoms with van der Waals surface area (Å²) in [5.41, 5.74) is 0.528. The fraction of sp³-hybridized carbons (Fsp3) is 0.640. The number of nitrogens with zero attached hydrogens (tertiary/aromatic N) is 1. The Morgan fingerprint density at radius 2 is 1.60 bits per heavy atom. The van der Waals surface area contributed by atoms with Gasteiger partial charge >= 0.3 is 5.97 Å². The average molecular weight is 412 g/mol. The first-order valence-electron chi connectivity index (χ1n) is 11.8. The Hall–Kier alpha value is -2.17. The van der Waals surface area contributed by atoms with Crippen LogP contribution < -0.4 is 9.64 Å². The third-order valence-electron chi connectivity index (χ3n) is 7.22. The van der Waals surface area contributed by atoms with Crippen molar-refractivity contribution in [3.8, 4) is 5.75 Å². The molecule has 4 rings (SSSR count). The predicted molar refractivity (Wildman–Crippen MR) is 115 cm³/mol. The van der Waals surface area contributed by atoms with Gasteiger partial charge in [-0.05, 0) is 49.7 Å². The molecule has 1 saturated heterocycles. The van der Waals surface area contributed by atoms with Crippen molar-refractivity contribution in [3.05, 3.63) is 24.3 Å². The number of anilines is 1. The van der Waals surface area contributed by atoms with Crippen molar-refractivity contribution in [3.63, 3.8) is 0 Å². The summed E-state index contributed by atoms with van der Waals surface area (Å²) in [4.78, 5) is 39.5. The van der Waals surface area contributed by atoms with E-state index in [2.05, 4.69) is 6.92 Å². The van der Waals surface area contributed by atoms with Crippen molar-refractivity contribution in [1.29, 1.82) is 0 Å². The maximum absolute atomic E-state index is 13.0. The predicted octanol–water partition coefficient (Wildman–Crippen LogP) is 5.27. The van der Waals surface area contributed by atoms with Gasteiger partial charge in [0.2, 0.25) is 11.8 Å². The number of amides is 2. The molecule has 0 N–H and O–H groups in total. The lowest BCUT2D eigenvalue weighted by atomic mass is 9.81. The number of imide groups is 1. The van der Waals surface area contributed by atoms with Gasteiger partial charge in [-0.15, -0.1) is 0 Å². The minimum absolute atomic E-state index is 0.0660. The number of carbonyl (C=O) groups excluding carboxylic acids is 3. The van der Waals surface area contributed by atoms with E-state index in [1.54, 1.807) is 24.3 Å². The second-order valence-corrected chi connectivity index (χ2v) is 9.24. The van der Waals surface area contributed by atoms with Crippen LogP contribution in [-0.4, -0.2) is 17.8 Å². The Morgan fingerprint density at radius 3 is 2.27 bits per heavy atom. The molecule has 0 spiro atoms. The number of ether oxygens (including phenoxy) is 1. The standard InChI is InChI=1S/C25H33NO4/c1-2-3-4-5-6-7-8-12-21(27)30-20-11-9-10-19(16-20)26-24(28)22-17-13-14-18(15-17)23(22)25(26)29/h9-11,16-18,22-23H,2-8,12-15H2,1H3/t17-,18+,22-,23-/m0/s1. The molecule has 2 aliphatic carbocycles. The molecule has 3 aliphatic rings. The van der Waals surface area contributed by atoms with Crippen LogP contribution in [0.1, 0.15) is 77.6 Å². The molecule has 1 aromatic rings. The molecular formula is C25H33NO4. The Balaban J connectivity index is 1.31. The summed E-state index contributed by atoms with van der Waals surface area (Å²) in [7, 11) is 0. The Bertz CT molecular complexity index is 776. The zero-order valence-corrected chi connectivity index (χ0v) is 18.0. The SMILES string of the molecule is CCCCCCCCCC(=O)Oc1cccc(N2C(=O)[C@H]3[C@@H]4CC[C@@H](C4)[C@@H]3C2=O)c1. The first-order chi connectivity index (χ1) is 14.6. The van der Waals surface area contributed by atoms with Gasteiger partial charge in [-0.2, -0.15) is 0 Å². The largest absolute Gasteiger partial charge is 0.426 e. The Kier molecular flexibility index (Phi) is 6.55. The number of hydrogen-bond donors (Lipinski definition) is 0. The smallest absolute Gasteiger partial charge is 0.311 e. The summed E-state index contributed by atoms with van der Waals surface area (Å²) < 4.78 is 5.49. The monoisotopic (exact) mass is 411 g/mol. The zero-order chi connectivity index (χ0) is 21.1. The third kappa shape index (κ3) is 4.17. The van der Waals surface area contributed by atoms with Crippen LogP contribution in [0.5, 0.6) is 5.75 Å². The summed E-state index contributed by atoms with van der Waals surface area (Å²) in [5.74, 6) is 0.469. The van der Waals surface area contributed by atoms with Crippen molar-refractivity contribution in [1.82, 2.24) is 0 Å². The summed E-state index contributed by atoms with van der Waals surface area (Å²) in [6.45, 7) is 2.20. The highest BCUT2D eigenvalue weighted by Gasteiger charge is 2.61. The van der Waals surface area contributed by atoms with E-state index in [1.807, 2.05) is 0 Å². The second-order valence-electron chi connectivity index (χ2n) is 9.24. The molecule has 0 aromatic heterocycles. The fourth-order valence-electron chi connectivity index (χ4n) is 5.76. The van der Waals surface area contributed by atoms with Crippen LogP contribution in [0.25, 0.3) is 0 Å². The number of carbonyl (C=O) groups is 3. The van der Waals surface area contributed by atoms with Gasteiger partial charge in [-0.1, -0.05) is 51.5 Å². The minimum Gasteiger partial charge on any atom is -0.426 e. The van der Waals surface area contributed by atoms with Gasteiger partial charge in [0.25, 0.3) is 0 Å². The molecule has 2 bridgehead atoms. The molecule has 4 atom stereocenters. The highest BCUT2D eigenvalue weighted by molar-refractivity contribution is 6.22. The average Bonchev–Trinajstić information content (AvgIpc) is 3.41. The lowest BCUT2D eigenvalue weighted by Gasteiger charge is -2.19. The van der Waals surface area contributed by atoms with E-state index >= 15 is 0 Å². The molecule has 5 nitrogen and oxygen atoms in total. The van der Waals surface area contributed by atoms with Crippen LogP contribution in [0.15, 0.2) is 24.3 Å². The highest BCUT2D eigenvalue weighted by Crippen LogP contribution is 2.56. The van der Waals surface area contributed by atoms with Crippen molar-refractivity contribution in [2.75, 3.05) is 4.90 Å². The highest BCUT2D eigenvalue weighted by atomic mass is 16.5. The van der Waals surface area contributed by atoms with Gasteiger partial charge in [-0.25, -0.2) is 4.90 Å². The summed E-state index contributed by atoms with van der Waals surface area (Å²) in [6.07, 6.45) is 11.6. The van der Waals surface area contributed by atoms with Crippen LogP contribution in [0, 0.1) is 23.7 Å². The van der Waals surface area contributed by atoms with E-state index in [0.717, 1.165) is 38.5 Å². The molecule has 1 aliphatic heterocycles. The van der Waals surface area contributed by atoms with E-state index in [4.69, 9.17) is 4.74 Å². The number of fused-ring (bicyclic) bond motifs is 5. The maximum Gasteiger partial charge on any atom is 0.311 e. The third-order valence-corrected chi connectivity index (χ3v) is 7.22. The maximum atomic E-state index is 13.0. The van der Waals surface area contributed by atoms with E-state index < -0.39 is 0 Å². The van der Waals surface area contributed by atoms with E-state index in [1.165, 1.54) is 30.6 Å². The fourth-order valence-corrected chi connectivity index (χ4v) is 5.76. The number of unbranched alkanes of at least 4 members (excludes halogenated alkanes) is 6. The zero-order valence-electron chi connectivity index (χ0n) is 18.0. The molecule has 0 radical (unpaired) electrons. The first kappa shape index (κ1) is 21.1. The molecule has 162 valence electrons. The normalized spacial score (nSPS) is 27.0. The molecule has 1 aromatic carbocycles. The molecule has 30 heavy (non-hydrogen) atoms. The van der Waals surface area contributed by atoms with Crippen molar-refractivity contribution in [2.45, 2.75) is 77.6 Å². The minimum atomic E-state index is -0.255. The van der Waals surface area contributed by atoms with Crippen LogP contribution in [0.3, 0.4) is 0 Å². The number of esters is 1. The van der Waals surface area contributed by atoms with Gasteiger partial charge in [0.05, 0.1) is 17.5 Å². The molecule has 2 saturated carbocycles. The lowest BCUT2D eigenvalue weighted by molar-refractivity contribution is -0.134. The molecule has 5 heteroatoms. The van der Waals surface area contributed by atoms with E-state index in [9.17, 15) is 14.4 Å². The van der Waals surface area contributed by atoms with Crippen LogP contribution >= 0.6 is 0 Å².